The van der Waals surface area contributed by atoms with Gasteiger partial charge in [0.25, 0.3) is 0 Å². The molecular weight excluding hydrogens is 354 g/mol. The molecule has 1 saturated heterocycles. The number of benzene rings is 1. The van der Waals surface area contributed by atoms with Gasteiger partial charge in [-0.25, -0.2) is 4.98 Å². The Morgan fingerprint density at radius 1 is 1.25 bits per heavy atom. The van der Waals surface area contributed by atoms with Crippen molar-refractivity contribution in [1.29, 1.82) is 0 Å². The minimum Gasteiger partial charge on any atom is -0.473 e. The van der Waals surface area contributed by atoms with Crippen molar-refractivity contribution in [2.45, 2.75) is 25.4 Å². The van der Waals surface area contributed by atoms with Crippen molar-refractivity contribution in [3.63, 3.8) is 0 Å². The maximum absolute atomic E-state index is 12.3. The summed E-state index contributed by atoms with van der Waals surface area (Å²) in [6.45, 7) is 2.78. The molecule has 7 nitrogen and oxygen atoms in total. The molecule has 0 radical (unpaired) electrons. The maximum Gasteiger partial charge on any atom is 0.234 e. The van der Waals surface area contributed by atoms with Crippen molar-refractivity contribution < 1.29 is 9.53 Å². The van der Waals surface area contributed by atoms with Gasteiger partial charge in [0.05, 0.1) is 12.7 Å². The fourth-order valence-corrected chi connectivity index (χ4v) is 3.64. The summed E-state index contributed by atoms with van der Waals surface area (Å²) in [5, 5.41) is 4.26. The van der Waals surface area contributed by atoms with Gasteiger partial charge in [0.15, 0.2) is 0 Å². The number of para-hydroxylation sites is 1. The fourth-order valence-electron chi connectivity index (χ4n) is 3.64. The Morgan fingerprint density at radius 3 is 2.93 bits per heavy atom. The number of hydrogen-bond acceptors (Lipinski definition) is 5. The average Bonchev–Trinajstić information content (AvgIpc) is 3.14. The third-order valence-electron chi connectivity index (χ3n) is 5.12. The normalized spacial score (nSPS) is 15.6. The Morgan fingerprint density at radius 2 is 2.11 bits per heavy atom. The summed E-state index contributed by atoms with van der Waals surface area (Å²) < 4.78 is 5.85. The number of piperidine rings is 1. The van der Waals surface area contributed by atoms with Gasteiger partial charge >= 0.3 is 0 Å². The minimum atomic E-state index is 0.0770. The first-order valence-electron chi connectivity index (χ1n) is 9.74. The van der Waals surface area contributed by atoms with Crippen LogP contribution >= 0.6 is 0 Å². The topological polar surface area (TPSA) is 83.1 Å². The molecule has 7 heteroatoms. The number of nitrogens with zero attached hydrogens (tertiary/aromatic N) is 3. The summed E-state index contributed by atoms with van der Waals surface area (Å²) in [6.07, 6.45) is 9.66. The van der Waals surface area contributed by atoms with Crippen molar-refractivity contribution in [3.05, 3.63) is 54.6 Å². The second-order valence-electron chi connectivity index (χ2n) is 7.10. The summed E-state index contributed by atoms with van der Waals surface area (Å²) in [5.74, 6) is 0.643. The van der Waals surface area contributed by atoms with E-state index in [2.05, 4.69) is 37.3 Å². The molecule has 1 aliphatic heterocycles. The molecule has 1 fully saturated rings. The van der Waals surface area contributed by atoms with Gasteiger partial charge in [0.1, 0.15) is 6.10 Å². The van der Waals surface area contributed by atoms with Crippen molar-refractivity contribution in [2.24, 2.45) is 0 Å². The van der Waals surface area contributed by atoms with Crippen LogP contribution in [0, 0.1) is 0 Å². The first-order chi connectivity index (χ1) is 13.8. The Labute approximate surface area is 164 Å². The van der Waals surface area contributed by atoms with E-state index in [1.807, 2.05) is 18.3 Å². The van der Waals surface area contributed by atoms with E-state index in [4.69, 9.17) is 4.74 Å². The predicted octanol–water partition coefficient (Wildman–Crippen LogP) is 2.16. The van der Waals surface area contributed by atoms with Crippen LogP contribution in [-0.2, 0) is 11.2 Å². The molecule has 0 bridgehead atoms. The highest BCUT2D eigenvalue weighted by Gasteiger charge is 2.22. The number of hydrogen-bond donors (Lipinski definition) is 2. The summed E-state index contributed by atoms with van der Waals surface area (Å²) in [4.78, 5) is 25.9. The van der Waals surface area contributed by atoms with Crippen LogP contribution in [0.4, 0.5) is 0 Å². The highest BCUT2D eigenvalue weighted by molar-refractivity contribution is 5.83. The maximum atomic E-state index is 12.3. The van der Waals surface area contributed by atoms with Crippen LogP contribution in [0.2, 0.25) is 0 Å². The van der Waals surface area contributed by atoms with Crippen LogP contribution < -0.4 is 10.1 Å². The van der Waals surface area contributed by atoms with Crippen LogP contribution in [-0.4, -0.2) is 58.0 Å². The number of aromatic amines is 1. The monoisotopic (exact) mass is 379 g/mol. The van der Waals surface area contributed by atoms with E-state index in [1.165, 1.54) is 10.9 Å². The molecule has 28 heavy (non-hydrogen) atoms. The Balaban J connectivity index is 1.17. The molecule has 1 aliphatic rings. The smallest absolute Gasteiger partial charge is 0.234 e. The van der Waals surface area contributed by atoms with Gasteiger partial charge in [-0.3, -0.25) is 14.7 Å². The number of amides is 1. The molecule has 2 aromatic heterocycles. The predicted molar refractivity (Wildman–Crippen MR) is 107 cm³/mol. The quantitative estimate of drug-likeness (QED) is 0.657. The summed E-state index contributed by atoms with van der Waals surface area (Å²) in [5.41, 5.74) is 2.37. The minimum absolute atomic E-state index is 0.0770. The molecule has 1 amide bonds. The number of fused-ring (bicyclic) bond motifs is 1. The number of carbonyl (C=O) groups is 1. The van der Waals surface area contributed by atoms with E-state index in [1.54, 1.807) is 18.6 Å². The lowest BCUT2D eigenvalue weighted by atomic mass is 10.1. The standard InChI is InChI=1S/C21H25N5O2/c27-20(23-8-5-16-13-25-19-4-2-1-3-18(16)19)15-26-11-6-17(7-12-26)28-21-14-22-9-10-24-21/h1-4,9-10,13-14,17,25H,5-8,11-12,15H2,(H,23,27). The van der Waals surface area contributed by atoms with Gasteiger partial charge in [-0.1, -0.05) is 18.2 Å². The number of rotatable bonds is 7. The van der Waals surface area contributed by atoms with E-state index >= 15 is 0 Å². The number of nitrogens with one attached hydrogen (secondary N) is 2. The summed E-state index contributed by atoms with van der Waals surface area (Å²) in [6, 6.07) is 8.23. The fraction of sp³-hybridized carbons (Fsp3) is 0.381. The zero-order valence-corrected chi connectivity index (χ0v) is 15.8. The third-order valence-corrected chi connectivity index (χ3v) is 5.12. The van der Waals surface area contributed by atoms with Gasteiger partial charge in [0, 0.05) is 49.1 Å². The molecular formula is C21H25N5O2. The van der Waals surface area contributed by atoms with E-state index < -0.39 is 0 Å². The lowest BCUT2D eigenvalue weighted by Gasteiger charge is -2.31. The first-order valence-corrected chi connectivity index (χ1v) is 9.74. The SMILES string of the molecule is O=C(CN1CCC(Oc2cnccn2)CC1)NCCc1c[nH]c2ccccc12. The Hall–Kier alpha value is -2.93. The largest absolute Gasteiger partial charge is 0.473 e. The van der Waals surface area contributed by atoms with Crippen LogP contribution in [0.3, 0.4) is 0 Å². The zero-order chi connectivity index (χ0) is 19.2. The lowest BCUT2D eigenvalue weighted by Crippen LogP contribution is -2.44. The Bertz CT molecular complexity index is 903. The van der Waals surface area contributed by atoms with Crippen molar-refractivity contribution in [2.75, 3.05) is 26.2 Å². The van der Waals surface area contributed by atoms with Gasteiger partial charge in [-0.2, -0.15) is 0 Å². The van der Waals surface area contributed by atoms with Gasteiger partial charge in [-0.15, -0.1) is 0 Å². The lowest BCUT2D eigenvalue weighted by molar-refractivity contribution is -0.122. The molecule has 2 N–H and O–H groups in total. The number of likely N-dealkylation sites (tertiary alicyclic amines) is 1. The molecule has 1 aromatic carbocycles. The highest BCUT2D eigenvalue weighted by atomic mass is 16.5. The van der Waals surface area contributed by atoms with Crippen LogP contribution in [0.25, 0.3) is 10.9 Å². The van der Waals surface area contributed by atoms with Crippen molar-refractivity contribution in [1.82, 2.24) is 25.2 Å². The van der Waals surface area contributed by atoms with E-state index in [0.717, 1.165) is 37.9 Å². The second-order valence-corrected chi connectivity index (χ2v) is 7.10. The molecule has 0 saturated carbocycles. The average molecular weight is 379 g/mol. The number of aromatic nitrogens is 3. The van der Waals surface area contributed by atoms with Crippen molar-refractivity contribution in [3.8, 4) is 5.88 Å². The highest BCUT2D eigenvalue weighted by Crippen LogP contribution is 2.18. The molecule has 146 valence electrons. The zero-order valence-electron chi connectivity index (χ0n) is 15.8. The van der Waals surface area contributed by atoms with Gasteiger partial charge < -0.3 is 15.0 Å². The molecule has 3 aromatic rings. The third kappa shape index (κ3) is 4.67. The van der Waals surface area contributed by atoms with Gasteiger partial charge in [-0.05, 0) is 30.9 Å². The number of carbonyl (C=O) groups excluding carboxylic acids is 1. The van der Waals surface area contributed by atoms with Crippen molar-refractivity contribution >= 4 is 16.8 Å². The number of ether oxygens (including phenoxy) is 1. The summed E-state index contributed by atoms with van der Waals surface area (Å²) in [7, 11) is 0. The van der Waals surface area contributed by atoms with Crippen LogP contribution in [0.5, 0.6) is 5.88 Å². The molecule has 3 heterocycles. The molecule has 0 atom stereocenters. The first kappa shape index (κ1) is 18.4. The molecule has 0 aliphatic carbocycles. The second kappa shape index (κ2) is 8.84. The molecule has 0 unspecified atom stereocenters. The van der Waals surface area contributed by atoms with E-state index in [9.17, 15) is 4.79 Å². The molecule has 0 spiro atoms. The van der Waals surface area contributed by atoms with Gasteiger partial charge in [0.2, 0.25) is 11.8 Å². The van der Waals surface area contributed by atoms with E-state index in [0.29, 0.717) is 19.0 Å². The molecule has 4 rings (SSSR count). The van der Waals surface area contributed by atoms with E-state index in [-0.39, 0.29) is 12.0 Å². The van der Waals surface area contributed by atoms with Crippen LogP contribution in [0.15, 0.2) is 49.1 Å². The number of H-pyrrole nitrogens is 1. The summed E-state index contributed by atoms with van der Waals surface area (Å²) >= 11 is 0. The van der Waals surface area contributed by atoms with Crippen LogP contribution in [0.1, 0.15) is 18.4 Å². The Kier molecular flexibility index (Phi) is 5.82.